The molecule has 9 heteroatoms. The maximum Gasteiger partial charge on any atom is 0.246 e. The van der Waals surface area contributed by atoms with Gasteiger partial charge in [0, 0.05) is 35.6 Å². The van der Waals surface area contributed by atoms with Gasteiger partial charge in [0.2, 0.25) is 5.91 Å². The third-order valence-electron chi connectivity index (χ3n) is 5.60. The Labute approximate surface area is 196 Å². The van der Waals surface area contributed by atoms with Crippen molar-refractivity contribution >= 4 is 17.5 Å². The van der Waals surface area contributed by atoms with Gasteiger partial charge < -0.3 is 14.8 Å². The molecule has 174 valence electrons. The van der Waals surface area contributed by atoms with E-state index < -0.39 is 5.82 Å². The van der Waals surface area contributed by atoms with Gasteiger partial charge in [0.25, 0.3) is 0 Å². The lowest BCUT2D eigenvalue weighted by Gasteiger charge is -2.53. The van der Waals surface area contributed by atoms with E-state index >= 15 is 0 Å². The Kier molecular flexibility index (Phi) is 6.67. The molecule has 0 atom stereocenters. The fourth-order valence-corrected chi connectivity index (χ4v) is 4.64. The van der Waals surface area contributed by atoms with E-state index in [0.29, 0.717) is 24.8 Å². The molecule has 1 aromatic carbocycles. The number of hydrogen-bond acceptors (Lipinski definition) is 5. The number of halogens is 2. The summed E-state index contributed by atoms with van der Waals surface area (Å²) in [6.45, 7) is 4.78. The van der Waals surface area contributed by atoms with Crippen molar-refractivity contribution in [1.29, 1.82) is 0 Å². The molecular formula is C24H26ClFN4O3. The molecule has 1 saturated carbocycles. The summed E-state index contributed by atoms with van der Waals surface area (Å²) in [5.41, 5.74) is 0.439. The topological polar surface area (TPSA) is 78.3 Å². The molecule has 3 aromatic rings. The van der Waals surface area contributed by atoms with Crippen molar-refractivity contribution in [2.45, 2.75) is 38.8 Å². The highest BCUT2D eigenvalue weighted by Crippen LogP contribution is 2.48. The highest BCUT2D eigenvalue weighted by molar-refractivity contribution is 6.30. The summed E-state index contributed by atoms with van der Waals surface area (Å²) in [4.78, 5) is 16.7. The van der Waals surface area contributed by atoms with Crippen LogP contribution in [0, 0.1) is 11.2 Å². The van der Waals surface area contributed by atoms with Gasteiger partial charge in [-0.1, -0.05) is 24.6 Å². The minimum Gasteiger partial charge on any atom is -0.493 e. The average molecular weight is 473 g/mol. The number of amides is 1. The van der Waals surface area contributed by atoms with Gasteiger partial charge in [0.15, 0.2) is 5.82 Å². The minimum atomic E-state index is -0.505. The summed E-state index contributed by atoms with van der Waals surface area (Å²) in [5.74, 6) is 0.486. The highest BCUT2D eigenvalue weighted by Gasteiger charge is 2.50. The number of carbonyl (C=O) groups is 1. The lowest BCUT2D eigenvalue weighted by molar-refractivity contribution is -0.131. The van der Waals surface area contributed by atoms with Gasteiger partial charge in [-0.25, -0.2) is 14.1 Å². The zero-order valence-electron chi connectivity index (χ0n) is 18.6. The fraction of sp³-hybridized carbons (Fsp3) is 0.375. The molecule has 0 saturated heterocycles. The number of hydrogen-bond donors (Lipinski definition) is 1. The number of carbonyl (C=O) groups excluding carboxylic acids is 1. The summed E-state index contributed by atoms with van der Waals surface area (Å²) >= 11 is 5.70. The number of rotatable bonds is 9. The number of nitrogens with zero attached hydrogens (tertiary/aromatic N) is 3. The quantitative estimate of drug-likeness (QED) is 0.501. The van der Waals surface area contributed by atoms with Gasteiger partial charge in [0.1, 0.15) is 18.2 Å². The second-order valence-corrected chi connectivity index (χ2v) is 9.51. The van der Waals surface area contributed by atoms with E-state index in [4.69, 9.17) is 21.1 Å². The molecule has 7 nitrogen and oxygen atoms in total. The zero-order valence-corrected chi connectivity index (χ0v) is 19.3. The van der Waals surface area contributed by atoms with Gasteiger partial charge in [0.05, 0.1) is 18.2 Å². The molecule has 0 radical (unpaired) electrons. The number of benzene rings is 1. The summed E-state index contributed by atoms with van der Waals surface area (Å²) in [5, 5.41) is 7.25. The third-order valence-corrected chi connectivity index (χ3v) is 5.91. The number of pyridine rings is 1. The Morgan fingerprint density at radius 2 is 2.09 bits per heavy atom. The Bertz CT molecular complexity index is 1100. The normalized spacial score (nSPS) is 21.9. The van der Waals surface area contributed by atoms with Crippen LogP contribution in [0.25, 0.3) is 5.82 Å². The SMILES string of the molecule is CC1(COc2ccc(Cl)c(F)c2)CC(C)(NC(=O)COCc2ccc(-n3cccn3)nc2)C1. The lowest BCUT2D eigenvalue weighted by atomic mass is 9.59. The predicted octanol–water partition coefficient (Wildman–Crippen LogP) is 4.33. The molecule has 2 aromatic heterocycles. The minimum absolute atomic E-state index is 0.0340. The molecular weight excluding hydrogens is 447 g/mol. The molecule has 1 N–H and O–H groups in total. The van der Waals surface area contributed by atoms with Crippen molar-refractivity contribution < 1.29 is 18.7 Å². The summed E-state index contributed by atoms with van der Waals surface area (Å²) in [7, 11) is 0. The van der Waals surface area contributed by atoms with Gasteiger partial charge >= 0.3 is 0 Å². The van der Waals surface area contributed by atoms with Gasteiger partial charge in [-0.3, -0.25) is 4.79 Å². The van der Waals surface area contributed by atoms with Crippen LogP contribution < -0.4 is 10.1 Å². The first-order chi connectivity index (χ1) is 15.7. The first-order valence-electron chi connectivity index (χ1n) is 10.7. The van der Waals surface area contributed by atoms with Crippen LogP contribution in [0.2, 0.25) is 5.02 Å². The van der Waals surface area contributed by atoms with Gasteiger partial charge in [-0.15, -0.1) is 0 Å². The predicted molar refractivity (Wildman–Crippen MR) is 122 cm³/mol. The molecule has 1 aliphatic carbocycles. The number of nitrogens with one attached hydrogen (secondary N) is 1. The van der Waals surface area contributed by atoms with Crippen molar-refractivity contribution in [3.05, 3.63) is 71.4 Å². The van der Waals surface area contributed by atoms with E-state index in [0.717, 1.165) is 18.4 Å². The van der Waals surface area contributed by atoms with Crippen LogP contribution in [0.3, 0.4) is 0 Å². The van der Waals surface area contributed by atoms with E-state index in [9.17, 15) is 9.18 Å². The molecule has 33 heavy (non-hydrogen) atoms. The molecule has 2 heterocycles. The van der Waals surface area contributed by atoms with Gasteiger partial charge in [-0.05, 0) is 49.6 Å². The third kappa shape index (κ3) is 5.89. The number of aromatic nitrogens is 3. The van der Waals surface area contributed by atoms with E-state index in [1.165, 1.54) is 12.1 Å². The summed E-state index contributed by atoms with van der Waals surface area (Å²) in [6, 6.07) is 9.98. The fourth-order valence-electron chi connectivity index (χ4n) is 4.52. The lowest BCUT2D eigenvalue weighted by Crippen LogP contribution is -2.61. The zero-order chi connectivity index (χ0) is 23.5. The number of ether oxygens (including phenoxy) is 2. The van der Waals surface area contributed by atoms with Gasteiger partial charge in [-0.2, -0.15) is 5.10 Å². The van der Waals surface area contributed by atoms with Crippen molar-refractivity contribution in [3.8, 4) is 11.6 Å². The van der Waals surface area contributed by atoms with E-state index in [-0.39, 0.29) is 28.5 Å². The second kappa shape index (κ2) is 9.49. The molecule has 0 bridgehead atoms. The van der Waals surface area contributed by atoms with Crippen molar-refractivity contribution in [2.75, 3.05) is 13.2 Å². The van der Waals surface area contributed by atoms with Crippen LogP contribution in [0.1, 0.15) is 32.3 Å². The molecule has 1 amide bonds. The van der Waals surface area contributed by atoms with Crippen LogP contribution in [-0.4, -0.2) is 39.4 Å². The van der Waals surface area contributed by atoms with Crippen LogP contribution >= 0.6 is 11.6 Å². The maximum atomic E-state index is 13.6. The van der Waals surface area contributed by atoms with Crippen LogP contribution in [-0.2, 0) is 16.1 Å². The van der Waals surface area contributed by atoms with Crippen molar-refractivity contribution in [2.24, 2.45) is 5.41 Å². The Morgan fingerprint density at radius 3 is 2.76 bits per heavy atom. The van der Waals surface area contributed by atoms with E-state index in [1.807, 2.05) is 31.3 Å². The summed E-state index contributed by atoms with van der Waals surface area (Å²) < 4.78 is 26.5. The van der Waals surface area contributed by atoms with Crippen LogP contribution in [0.5, 0.6) is 5.75 Å². The molecule has 0 aliphatic heterocycles. The molecule has 1 aliphatic rings. The van der Waals surface area contributed by atoms with Crippen molar-refractivity contribution in [1.82, 2.24) is 20.1 Å². The van der Waals surface area contributed by atoms with Crippen LogP contribution in [0.15, 0.2) is 55.0 Å². The largest absolute Gasteiger partial charge is 0.493 e. The molecule has 4 rings (SSSR count). The average Bonchev–Trinajstić information content (AvgIpc) is 3.29. The first-order valence-corrected chi connectivity index (χ1v) is 11.0. The Hall–Kier alpha value is -2.97. The van der Waals surface area contributed by atoms with Crippen LogP contribution in [0.4, 0.5) is 4.39 Å². The Balaban J connectivity index is 1.18. The first kappa shape index (κ1) is 23.2. The standard InChI is InChI=1S/C24H26ClFN4O3/c1-23(16-33-18-5-6-19(25)20(26)10-18)14-24(2,15-23)29-22(31)13-32-12-17-4-7-21(27-11-17)30-9-3-8-28-30/h3-11H,12-16H2,1-2H3,(H,29,31). The monoisotopic (exact) mass is 472 g/mol. The summed E-state index contributed by atoms with van der Waals surface area (Å²) in [6.07, 6.45) is 6.72. The highest BCUT2D eigenvalue weighted by atomic mass is 35.5. The molecule has 0 spiro atoms. The maximum absolute atomic E-state index is 13.6. The second-order valence-electron chi connectivity index (χ2n) is 9.11. The molecule has 1 fully saturated rings. The molecule has 0 unspecified atom stereocenters. The Morgan fingerprint density at radius 1 is 1.27 bits per heavy atom. The van der Waals surface area contributed by atoms with E-state index in [1.54, 1.807) is 23.1 Å². The van der Waals surface area contributed by atoms with E-state index in [2.05, 4.69) is 22.3 Å². The van der Waals surface area contributed by atoms with Crippen molar-refractivity contribution in [3.63, 3.8) is 0 Å². The smallest absolute Gasteiger partial charge is 0.246 e.